The van der Waals surface area contributed by atoms with Gasteiger partial charge in [0, 0.05) is 32.7 Å². The van der Waals surface area contributed by atoms with Gasteiger partial charge in [0.1, 0.15) is 0 Å². The molecule has 1 aliphatic rings. The molecule has 1 aliphatic heterocycles. The molecule has 1 atom stereocenters. The van der Waals surface area contributed by atoms with Crippen LogP contribution >= 0.6 is 11.8 Å². The Labute approximate surface area is 120 Å². The average Bonchev–Trinajstić information content (AvgIpc) is 2.34. The van der Waals surface area contributed by atoms with Crippen molar-refractivity contribution in [1.82, 2.24) is 9.80 Å². The molecule has 0 aromatic rings. The molecule has 1 heterocycles. The minimum atomic E-state index is -0.680. The predicted molar refractivity (Wildman–Crippen MR) is 80.3 cm³/mol. The number of nitrogens with two attached hydrogens (primary N) is 1. The standard InChI is InChI=1S/C13H27N3O2S/c1-13(2,18)10-15-5-7-16(8-6-15)12(17)11(14)4-9-19-3/h11,18H,4-10,14H2,1-3H3/t11-/m1/s1. The number of piperazine rings is 1. The van der Waals surface area contributed by atoms with Crippen LogP contribution in [0.15, 0.2) is 0 Å². The molecule has 0 spiro atoms. The molecule has 0 unspecified atom stereocenters. The summed E-state index contributed by atoms with van der Waals surface area (Å²) in [5.74, 6) is 0.989. The van der Waals surface area contributed by atoms with E-state index in [1.807, 2.05) is 25.0 Å². The van der Waals surface area contributed by atoms with Crippen molar-refractivity contribution >= 4 is 17.7 Å². The summed E-state index contributed by atoms with van der Waals surface area (Å²) in [5, 5.41) is 9.79. The summed E-state index contributed by atoms with van der Waals surface area (Å²) in [6, 6.07) is -0.367. The molecule has 1 saturated heterocycles. The number of amides is 1. The van der Waals surface area contributed by atoms with Crippen molar-refractivity contribution in [2.75, 3.05) is 44.7 Å². The van der Waals surface area contributed by atoms with Crippen LogP contribution in [0.2, 0.25) is 0 Å². The van der Waals surface area contributed by atoms with E-state index in [1.54, 1.807) is 11.8 Å². The van der Waals surface area contributed by atoms with Gasteiger partial charge >= 0.3 is 0 Å². The maximum absolute atomic E-state index is 12.1. The molecule has 112 valence electrons. The lowest BCUT2D eigenvalue weighted by molar-refractivity contribution is -0.134. The number of β-amino-alcohol motifs (C(OH)–C–C–N with tert-alkyl or cyclic N) is 1. The van der Waals surface area contributed by atoms with Gasteiger partial charge in [-0.2, -0.15) is 11.8 Å². The Kier molecular flexibility index (Phi) is 6.59. The van der Waals surface area contributed by atoms with Gasteiger partial charge in [0.25, 0.3) is 0 Å². The highest BCUT2D eigenvalue weighted by Crippen LogP contribution is 2.10. The number of nitrogens with zero attached hydrogens (tertiary/aromatic N) is 2. The Morgan fingerprint density at radius 2 is 1.95 bits per heavy atom. The number of hydrogen-bond acceptors (Lipinski definition) is 5. The highest BCUT2D eigenvalue weighted by molar-refractivity contribution is 7.98. The summed E-state index contributed by atoms with van der Waals surface area (Å²) in [6.07, 6.45) is 2.76. The van der Waals surface area contributed by atoms with Gasteiger partial charge in [-0.15, -0.1) is 0 Å². The number of carbonyl (C=O) groups is 1. The number of carbonyl (C=O) groups excluding carboxylic acids is 1. The molecule has 0 saturated carbocycles. The summed E-state index contributed by atoms with van der Waals surface area (Å²) in [5.41, 5.74) is 5.23. The number of hydrogen-bond donors (Lipinski definition) is 2. The molecule has 0 aromatic heterocycles. The first kappa shape index (κ1) is 16.8. The summed E-state index contributed by atoms with van der Waals surface area (Å²) in [4.78, 5) is 16.2. The van der Waals surface area contributed by atoms with Crippen LogP contribution in [0.3, 0.4) is 0 Å². The number of thioether (sulfide) groups is 1. The SMILES string of the molecule is CSCC[C@@H](N)C(=O)N1CCN(CC(C)(C)O)CC1. The van der Waals surface area contributed by atoms with E-state index in [1.165, 1.54) is 0 Å². The lowest BCUT2D eigenvalue weighted by Crippen LogP contribution is -2.55. The first-order chi connectivity index (χ1) is 8.83. The zero-order chi connectivity index (χ0) is 14.5. The molecular weight excluding hydrogens is 262 g/mol. The lowest BCUT2D eigenvalue weighted by atomic mass is 10.1. The molecule has 0 bridgehead atoms. The highest BCUT2D eigenvalue weighted by atomic mass is 32.2. The fourth-order valence-corrected chi connectivity index (χ4v) is 2.77. The molecule has 5 nitrogen and oxygen atoms in total. The third kappa shape index (κ3) is 6.12. The van der Waals surface area contributed by atoms with E-state index in [0.717, 1.165) is 25.3 Å². The van der Waals surface area contributed by atoms with Gasteiger partial charge in [-0.3, -0.25) is 9.69 Å². The normalized spacial score (nSPS) is 19.5. The Morgan fingerprint density at radius 1 is 1.37 bits per heavy atom. The van der Waals surface area contributed by atoms with Crippen LogP contribution in [0, 0.1) is 0 Å². The lowest BCUT2D eigenvalue weighted by Gasteiger charge is -2.38. The predicted octanol–water partition coefficient (Wildman–Crippen LogP) is -0.0181. The van der Waals surface area contributed by atoms with E-state index in [2.05, 4.69) is 4.90 Å². The summed E-state index contributed by atoms with van der Waals surface area (Å²) < 4.78 is 0. The van der Waals surface area contributed by atoms with Gasteiger partial charge in [-0.25, -0.2) is 0 Å². The smallest absolute Gasteiger partial charge is 0.239 e. The maximum atomic E-state index is 12.1. The van der Waals surface area contributed by atoms with Crippen molar-refractivity contribution in [3.8, 4) is 0 Å². The van der Waals surface area contributed by atoms with Crippen LogP contribution in [0.1, 0.15) is 20.3 Å². The van der Waals surface area contributed by atoms with E-state index in [4.69, 9.17) is 5.73 Å². The van der Waals surface area contributed by atoms with Crippen molar-refractivity contribution in [3.63, 3.8) is 0 Å². The van der Waals surface area contributed by atoms with Gasteiger partial charge in [0.15, 0.2) is 0 Å². The third-order valence-electron chi connectivity index (χ3n) is 3.24. The summed E-state index contributed by atoms with van der Waals surface area (Å²) in [7, 11) is 0. The Hall–Kier alpha value is -0.300. The Morgan fingerprint density at radius 3 is 2.42 bits per heavy atom. The molecule has 3 N–H and O–H groups in total. The molecule has 0 radical (unpaired) electrons. The number of aliphatic hydroxyl groups is 1. The van der Waals surface area contributed by atoms with Crippen LogP contribution in [-0.2, 0) is 4.79 Å². The second kappa shape index (κ2) is 7.47. The van der Waals surface area contributed by atoms with E-state index in [-0.39, 0.29) is 11.9 Å². The first-order valence-corrected chi connectivity index (χ1v) is 8.21. The largest absolute Gasteiger partial charge is 0.389 e. The molecule has 1 amide bonds. The van der Waals surface area contributed by atoms with Crippen molar-refractivity contribution in [3.05, 3.63) is 0 Å². The average molecular weight is 289 g/mol. The molecule has 1 rings (SSSR count). The monoisotopic (exact) mass is 289 g/mol. The van der Waals surface area contributed by atoms with Crippen molar-refractivity contribution in [1.29, 1.82) is 0 Å². The Bertz CT molecular complexity index is 286. The summed E-state index contributed by atoms with van der Waals surface area (Å²) in [6.45, 7) is 7.30. The molecule has 19 heavy (non-hydrogen) atoms. The third-order valence-corrected chi connectivity index (χ3v) is 3.89. The van der Waals surface area contributed by atoms with Crippen LogP contribution < -0.4 is 5.73 Å². The zero-order valence-electron chi connectivity index (χ0n) is 12.3. The molecule has 1 fully saturated rings. The highest BCUT2D eigenvalue weighted by Gasteiger charge is 2.27. The molecular formula is C13H27N3O2S. The van der Waals surface area contributed by atoms with E-state index < -0.39 is 5.60 Å². The minimum Gasteiger partial charge on any atom is -0.389 e. The van der Waals surface area contributed by atoms with Crippen molar-refractivity contribution in [2.45, 2.75) is 31.9 Å². The van der Waals surface area contributed by atoms with Gasteiger partial charge in [-0.1, -0.05) is 0 Å². The maximum Gasteiger partial charge on any atom is 0.239 e. The fraction of sp³-hybridized carbons (Fsp3) is 0.923. The van der Waals surface area contributed by atoms with Gasteiger partial charge < -0.3 is 15.7 Å². The van der Waals surface area contributed by atoms with Crippen LogP contribution in [0.25, 0.3) is 0 Å². The van der Waals surface area contributed by atoms with E-state index >= 15 is 0 Å². The van der Waals surface area contributed by atoms with Crippen molar-refractivity contribution in [2.24, 2.45) is 5.73 Å². The van der Waals surface area contributed by atoms with E-state index in [9.17, 15) is 9.90 Å². The topological polar surface area (TPSA) is 69.8 Å². The zero-order valence-corrected chi connectivity index (χ0v) is 13.1. The fourth-order valence-electron chi connectivity index (χ4n) is 2.28. The quantitative estimate of drug-likeness (QED) is 0.719. The molecule has 0 aliphatic carbocycles. The second-order valence-electron chi connectivity index (χ2n) is 5.80. The molecule has 0 aromatic carbocycles. The molecule has 6 heteroatoms. The first-order valence-electron chi connectivity index (χ1n) is 6.81. The van der Waals surface area contributed by atoms with Crippen LogP contribution in [0.4, 0.5) is 0 Å². The van der Waals surface area contributed by atoms with Gasteiger partial charge in [-0.05, 0) is 32.3 Å². The Balaban J connectivity index is 2.34. The second-order valence-corrected chi connectivity index (χ2v) is 6.79. The van der Waals surface area contributed by atoms with E-state index in [0.29, 0.717) is 19.6 Å². The van der Waals surface area contributed by atoms with Gasteiger partial charge in [0.05, 0.1) is 11.6 Å². The minimum absolute atomic E-state index is 0.0666. The summed E-state index contributed by atoms with van der Waals surface area (Å²) >= 11 is 1.71. The van der Waals surface area contributed by atoms with Crippen LogP contribution in [-0.4, -0.2) is 77.2 Å². The van der Waals surface area contributed by atoms with Crippen LogP contribution in [0.5, 0.6) is 0 Å². The number of rotatable bonds is 6. The van der Waals surface area contributed by atoms with Gasteiger partial charge in [0.2, 0.25) is 5.91 Å². The van der Waals surface area contributed by atoms with Crippen molar-refractivity contribution < 1.29 is 9.90 Å².